The summed E-state index contributed by atoms with van der Waals surface area (Å²) in [7, 11) is 1.65. The number of nitrogens with zero attached hydrogens (tertiary/aromatic N) is 1. The second-order valence-electron chi connectivity index (χ2n) is 5.50. The van der Waals surface area contributed by atoms with E-state index in [0.717, 1.165) is 35.3 Å². The highest BCUT2D eigenvalue weighted by Crippen LogP contribution is 2.37. The number of benzene rings is 1. The smallest absolute Gasteiger partial charge is 0.159 e. The standard InChI is InChI=1S/C19H19NO2/c1-22-19-10-3-2-6-14(19)12-17-16(8-4-9-18(17)21)15-7-5-11-20-13-15/h2-3,5-7,10-13,16H,4,8-9H2,1H3. The highest BCUT2D eigenvalue weighted by atomic mass is 16.5. The molecule has 3 rings (SSSR count). The van der Waals surface area contributed by atoms with Gasteiger partial charge in [0.25, 0.3) is 0 Å². The minimum atomic E-state index is 0.125. The maximum atomic E-state index is 12.5. The first-order valence-electron chi connectivity index (χ1n) is 7.57. The number of ether oxygens (including phenoxy) is 1. The number of methoxy groups -OCH3 is 1. The van der Waals surface area contributed by atoms with Crippen molar-refractivity contribution in [2.45, 2.75) is 25.2 Å². The lowest BCUT2D eigenvalue weighted by Crippen LogP contribution is -2.17. The van der Waals surface area contributed by atoms with Crippen molar-refractivity contribution >= 4 is 11.9 Å². The Labute approximate surface area is 130 Å². The van der Waals surface area contributed by atoms with Gasteiger partial charge in [-0.15, -0.1) is 0 Å². The Bertz CT molecular complexity index is 692. The highest BCUT2D eigenvalue weighted by molar-refractivity contribution is 6.02. The average Bonchev–Trinajstić information content (AvgIpc) is 2.58. The number of aromatic nitrogens is 1. The van der Waals surface area contributed by atoms with Gasteiger partial charge in [0.05, 0.1) is 7.11 Å². The molecule has 0 spiro atoms. The van der Waals surface area contributed by atoms with Gasteiger partial charge in [-0.2, -0.15) is 0 Å². The Hall–Kier alpha value is -2.42. The van der Waals surface area contributed by atoms with Crippen molar-refractivity contribution in [3.8, 4) is 5.75 Å². The van der Waals surface area contributed by atoms with Crippen LogP contribution in [0.2, 0.25) is 0 Å². The lowest BCUT2D eigenvalue weighted by atomic mass is 9.79. The van der Waals surface area contributed by atoms with E-state index in [1.165, 1.54) is 0 Å². The first-order chi connectivity index (χ1) is 10.8. The van der Waals surface area contributed by atoms with Crippen LogP contribution >= 0.6 is 0 Å². The van der Waals surface area contributed by atoms with Crippen LogP contribution in [0.1, 0.15) is 36.3 Å². The van der Waals surface area contributed by atoms with Crippen molar-refractivity contribution in [1.82, 2.24) is 4.98 Å². The van der Waals surface area contributed by atoms with Gasteiger partial charge in [0.2, 0.25) is 0 Å². The highest BCUT2D eigenvalue weighted by Gasteiger charge is 2.27. The van der Waals surface area contributed by atoms with E-state index < -0.39 is 0 Å². The van der Waals surface area contributed by atoms with Crippen molar-refractivity contribution in [3.63, 3.8) is 0 Å². The van der Waals surface area contributed by atoms with Gasteiger partial charge in [-0.25, -0.2) is 0 Å². The van der Waals surface area contributed by atoms with Crippen LogP contribution in [-0.2, 0) is 4.79 Å². The van der Waals surface area contributed by atoms with Gasteiger partial charge >= 0.3 is 0 Å². The Balaban J connectivity index is 2.03. The molecule has 2 aromatic rings. The third kappa shape index (κ3) is 2.93. The summed E-state index contributed by atoms with van der Waals surface area (Å²) in [5, 5.41) is 0. The number of allylic oxidation sites excluding steroid dienone is 1. The summed E-state index contributed by atoms with van der Waals surface area (Å²) in [5.74, 6) is 1.14. The first-order valence-corrected chi connectivity index (χ1v) is 7.57. The molecule has 0 amide bonds. The van der Waals surface area contributed by atoms with Crippen LogP contribution in [0.5, 0.6) is 5.75 Å². The van der Waals surface area contributed by atoms with Crippen molar-refractivity contribution in [1.29, 1.82) is 0 Å². The molecule has 1 aliphatic carbocycles. The molecule has 3 nitrogen and oxygen atoms in total. The maximum absolute atomic E-state index is 12.5. The lowest BCUT2D eigenvalue weighted by molar-refractivity contribution is -0.116. The molecule has 0 saturated heterocycles. The van der Waals surface area contributed by atoms with Crippen LogP contribution in [0, 0.1) is 0 Å². The fourth-order valence-corrected chi connectivity index (χ4v) is 3.02. The quantitative estimate of drug-likeness (QED) is 0.803. The van der Waals surface area contributed by atoms with Crippen LogP contribution in [0.15, 0.2) is 54.4 Å². The molecule has 1 aromatic heterocycles. The molecule has 0 N–H and O–H groups in total. The SMILES string of the molecule is COc1ccccc1C=C1C(=O)CCCC1c1cccnc1. The fourth-order valence-electron chi connectivity index (χ4n) is 3.02. The maximum Gasteiger partial charge on any atom is 0.159 e. The molecule has 0 bridgehead atoms. The van der Waals surface area contributed by atoms with Crippen molar-refractivity contribution in [3.05, 3.63) is 65.5 Å². The summed E-state index contributed by atoms with van der Waals surface area (Å²) >= 11 is 0. The molecular formula is C19H19NO2. The molecule has 1 saturated carbocycles. The van der Waals surface area contributed by atoms with Crippen LogP contribution in [-0.4, -0.2) is 17.9 Å². The lowest BCUT2D eigenvalue weighted by Gasteiger charge is -2.24. The molecule has 1 atom stereocenters. The summed E-state index contributed by atoms with van der Waals surface area (Å²) in [6, 6.07) is 11.8. The Morgan fingerprint density at radius 2 is 2.09 bits per heavy atom. The molecule has 1 aliphatic rings. The average molecular weight is 293 g/mol. The number of pyridine rings is 1. The van der Waals surface area contributed by atoms with Gasteiger partial charge in [0.15, 0.2) is 5.78 Å². The number of para-hydroxylation sites is 1. The van der Waals surface area contributed by atoms with Gasteiger partial charge in [0.1, 0.15) is 5.75 Å². The zero-order valence-corrected chi connectivity index (χ0v) is 12.7. The molecule has 1 unspecified atom stereocenters. The zero-order chi connectivity index (χ0) is 15.4. The molecule has 0 aliphatic heterocycles. The van der Waals surface area contributed by atoms with Crippen LogP contribution in [0.3, 0.4) is 0 Å². The predicted octanol–water partition coefficient (Wildman–Crippen LogP) is 4.01. The van der Waals surface area contributed by atoms with Gasteiger partial charge in [-0.05, 0) is 36.6 Å². The molecule has 112 valence electrons. The fraction of sp³-hybridized carbons (Fsp3) is 0.263. The summed E-state index contributed by atoms with van der Waals surface area (Å²) < 4.78 is 5.39. The second kappa shape index (κ2) is 6.56. The van der Waals surface area contributed by atoms with E-state index in [1.54, 1.807) is 13.3 Å². The molecular weight excluding hydrogens is 274 g/mol. The molecule has 1 heterocycles. The third-order valence-electron chi connectivity index (χ3n) is 4.13. The number of hydrogen-bond acceptors (Lipinski definition) is 3. The van der Waals surface area contributed by atoms with E-state index in [4.69, 9.17) is 4.74 Å². The minimum Gasteiger partial charge on any atom is -0.496 e. The Morgan fingerprint density at radius 1 is 1.23 bits per heavy atom. The third-order valence-corrected chi connectivity index (χ3v) is 4.13. The van der Waals surface area contributed by atoms with E-state index in [-0.39, 0.29) is 11.7 Å². The second-order valence-corrected chi connectivity index (χ2v) is 5.50. The van der Waals surface area contributed by atoms with Crippen molar-refractivity contribution in [2.75, 3.05) is 7.11 Å². The number of hydrogen-bond donors (Lipinski definition) is 0. The predicted molar refractivity (Wildman–Crippen MR) is 86.8 cm³/mol. The van der Waals surface area contributed by atoms with Crippen molar-refractivity contribution < 1.29 is 9.53 Å². The van der Waals surface area contributed by atoms with Crippen LogP contribution in [0.4, 0.5) is 0 Å². The number of carbonyl (C=O) groups excluding carboxylic acids is 1. The van der Waals surface area contributed by atoms with E-state index in [9.17, 15) is 4.79 Å². The molecule has 22 heavy (non-hydrogen) atoms. The largest absolute Gasteiger partial charge is 0.496 e. The van der Waals surface area contributed by atoms with E-state index in [0.29, 0.717) is 6.42 Å². The summed E-state index contributed by atoms with van der Waals surface area (Å²) in [4.78, 5) is 16.6. The molecule has 1 aromatic carbocycles. The Kier molecular flexibility index (Phi) is 4.33. The molecule has 0 radical (unpaired) electrons. The first kappa shape index (κ1) is 14.5. The summed E-state index contributed by atoms with van der Waals surface area (Å²) in [5.41, 5.74) is 2.92. The monoisotopic (exact) mass is 293 g/mol. The van der Waals surface area contributed by atoms with Gasteiger partial charge in [-0.1, -0.05) is 24.3 Å². The van der Waals surface area contributed by atoms with Crippen molar-refractivity contribution in [2.24, 2.45) is 0 Å². The summed E-state index contributed by atoms with van der Waals surface area (Å²) in [6.07, 6.45) is 8.15. The van der Waals surface area contributed by atoms with Crippen LogP contribution < -0.4 is 4.74 Å². The number of rotatable bonds is 3. The van der Waals surface area contributed by atoms with Gasteiger partial charge in [-0.3, -0.25) is 9.78 Å². The minimum absolute atomic E-state index is 0.125. The van der Waals surface area contributed by atoms with Gasteiger partial charge in [0, 0.05) is 35.9 Å². The topological polar surface area (TPSA) is 39.2 Å². The zero-order valence-electron chi connectivity index (χ0n) is 12.7. The normalized spacial score (nSPS) is 20.1. The van der Waals surface area contributed by atoms with E-state index in [1.807, 2.05) is 48.7 Å². The molecule has 1 fully saturated rings. The molecule has 3 heteroatoms. The number of Topliss-reactive ketones (excluding diaryl/α,β-unsaturated/α-hetero) is 1. The van der Waals surface area contributed by atoms with Crippen LogP contribution in [0.25, 0.3) is 6.08 Å². The number of carbonyl (C=O) groups is 1. The summed E-state index contributed by atoms with van der Waals surface area (Å²) in [6.45, 7) is 0. The number of ketones is 1. The van der Waals surface area contributed by atoms with E-state index in [2.05, 4.69) is 4.98 Å². The Morgan fingerprint density at radius 3 is 2.86 bits per heavy atom. The van der Waals surface area contributed by atoms with Gasteiger partial charge < -0.3 is 4.74 Å². The van der Waals surface area contributed by atoms with E-state index >= 15 is 0 Å².